The van der Waals surface area contributed by atoms with E-state index in [1.165, 1.54) is 19.2 Å². The number of benzene rings is 2. The van der Waals surface area contributed by atoms with Crippen molar-refractivity contribution in [1.82, 2.24) is 4.47 Å². The molecule has 0 aromatic heterocycles. The summed E-state index contributed by atoms with van der Waals surface area (Å²) in [4.78, 5) is 28.5. The molecule has 0 saturated carbocycles. The van der Waals surface area contributed by atoms with Gasteiger partial charge in [0.1, 0.15) is 22.0 Å². The second-order valence-corrected chi connectivity index (χ2v) is 9.33. The number of hydroxylamine groups is 1. The summed E-state index contributed by atoms with van der Waals surface area (Å²) in [5.74, 6) is -0.100. The lowest BCUT2D eigenvalue weighted by Gasteiger charge is -2.21. The number of aromatic hydroxyl groups is 1. The zero-order chi connectivity index (χ0) is 24.5. The summed E-state index contributed by atoms with van der Waals surface area (Å²) in [5, 5.41) is 16.0. The van der Waals surface area contributed by atoms with Crippen LogP contribution in [0.15, 0.2) is 50.9 Å². The van der Waals surface area contributed by atoms with E-state index in [2.05, 4.69) is 10.6 Å². The molecule has 0 amide bonds. The van der Waals surface area contributed by atoms with Crippen LogP contribution in [0.5, 0.6) is 11.5 Å². The largest absolute Gasteiger partial charge is 0.504 e. The fraction of sp³-hybridized carbons (Fsp3) is 0.238. The molecule has 3 aromatic rings. The molecule has 3 rings (SSSR count). The zero-order valence-electron chi connectivity index (χ0n) is 18.2. The minimum atomic E-state index is -4.30. The monoisotopic (exact) mass is 495 g/mol. The Labute approximate surface area is 195 Å². The number of ether oxygens (including phenoxy) is 1. The summed E-state index contributed by atoms with van der Waals surface area (Å²) in [6.45, 7) is 1.79. The lowest BCUT2D eigenvalue weighted by atomic mass is 10.1. The number of phenols is 1. The van der Waals surface area contributed by atoms with Gasteiger partial charge in [-0.15, -0.1) is 0 Å². The highest BCUT2D eigenvalue weighted by molar-refractivity contribution is 7.89. The predicted molar refractivity (Wildman–Crippen MR) is 125 cm³/mol. The van der Waals surface area contributed by atoms with Gasteiger partial charge in [-0.3, -0.25) is 14.4 Å². The Kier molecular flexibility index (Phi) is 6.98. The zero-order valence-corrected chi connectivity index (χ0v) is 19.7. The number of nitrogens with one attached hydrogen (secondary N) is 2. The van der Waals surface area contributed by atoms with E-state index in [-0.39, 0.29) is 28.1 Å². The Morgan fingerprint density at radius 1 is 1.09 bits per heavy atom. The molecule has 0 aliphatic rings. The molecule has 10 nitrogen and oxygen atoms in total. The smallest absolute Gasteiger partial charge is 0.269 e. The summed E-state index contributed by atoms with van der Waals surface area (Å²) >= 11 is 6.01. The molecule has 0 spiro atoms. The second-order valence-electron chi connectivity index (χ2n) is 7.05. The fourth-order valence-corrected chi connectivity index (χ4v) is 4.68. The molecule has 0 saturated heterocycles. The number of phenolic OH excluding ortho intramolecular Hbond substituents is 1. The number of sulfonamides is 1. The van der Waals surface area contributed by atoms with Crippen LogP contribution in [-0.4, -0.2) is 39.3 Å². The van der Waals surface area contributed by atoms with Crippen LogP contribution in [0.3, 0.4) is 0 Å². The highest BCUT2D eigenvalue weighted by Gasteiger charge is 2.31. The molecule has 0 unspecified atom stereocenters. The maximum absolute atomic E-state index is 12.6. The van der Waals surface area contributed by atoms with Crippen LogP contribution in [0, 0.1) is 0 Å². The molecular weight excluding hydrogens is 474 g/mol. The predicted octanol–water partition coefficient (Wildman–Crippen LogP) is 2.75. The summed E-state index contributed by atoms with van der Waals surface area (Å²) in [6.07, 6.45) is 0. The van der Waals surface area contributed by atoms with Gasteiger partial charge < -0.3 is 20.5 Å². The molecule has 0 aliphatic carbocycles. The van der Waals surface area contributed by atoms with Crippen molar-refractivity contribution >= 4 is 38.7 Å². The molecule has 0 fully saturated rings. The highest BCUT2D eigenvalue weighted by atomic mass is 35.5. The van der Waals surface area contributed by atoms with Crippen molar-refractivity contribution in [2.24, 2.45) is 0 Å². The minimum Gasteiger partial charge on any atom is -0.504 e. The third kappa shape index (κ3) is 4.53. The van der Waals surface area contributed by atoms with Crippen LogP contribution < -0.4 is 26.2 Å². The normalized spacial score (nSPS) is 12.7. The highest BCUT2D eigenvalue weighted by Crippen LogP contribution is 2.40. The van der Waals surface area contributed by atoms with Crippen molar-refractivity contribution in [3.05, 3.63) is 67.4 Å². The van der Waals surface area contributed by atoms with E-state index in [4.69, 9.17) is 21.2 Å². The van der Waals surface area contributed by atoms with Gasteiger partial charge in [0, 0.05) is 13.1 Å². The topological polar surface area (TPSA) is 134 Å². The van der Waals surface area contributed by atoms with Gasteiger partial charge in [-0.1, -0.05) is 28.2 Å². The van der Waals surface area contributed by atoms with Crippen LogP contribution >= 0.6 is 11.6 Å². The molecule has 33 heavy (non-hydrogen) atoms. The third-order valence-corrected chi connectivity index (χ3v) is 7.24. The van der Waals surface area contributed by atoms with Gasteiger partial charge in [-0.05, 0) is 36.8 Å². The molecular formula is C21H22ClN3O7S. The Morgan fingerprint density at radius 2 is 1.76 bits per heavy atom. The molecule has 0 radical (unpaired) electrons. The van der Waals surface area contributed by atoms with Crippen molar-refractivity contribution in [3.63, 3.8) is 0 Å². The number of hydrogen-bond donors (Lipinski definition) is 3. The van der Waals surface area contributed by atoms with Crippen molar-refractivity contribution in [3.8, 4) is 11.5 Å². The Hall–Kier alpha value is -3.12. The molecule has 0 aliphatic heterocycles. The quantitative estimate of drug-likeness (QED) is 0.232. The van der Waals surface area contributed by atoms with E-state index in [1.54, 1.807) is 25.1 Å². The van der Waals surface area contributed by atoms with Gasteiger partial charge in [0.25, 0.3) is 20.9 Å². The van der Waals surface area contributed by atoms with E-state index in [0.29, 0.717) is 10.2 Å². The SMILES string of the molecule is COc1cccc([C@@H](C)Nc2c(Nc3ccc(Cl)c(S(=O)(=O)N(C)OC)c3O)c(=O)c2=O)c1. The third-order valence-electron chi connectivity index (χ3n) is 5.06. The number of nitrogens with zero attached hydrogens (tertiary/aromatic N) is 1. The summed E-state index contributed by atoms with van der Waals surface area (Å²) < 4.78 is 31.0. The van der Waals surface area contributed by atoms with Crippen LogP contribution in [0.1, 0.15) is 18.5 Å². The fourth-order valence-electron chi connectivity index (χ4n) is 3.11. The molecule has 3 N–H and O–H groups in total. The van der Waals surface area contributed by atoms with Gasteiger partial charge in [0.05, 0.1) is 24.9 Å². The lowest BCUT2D eigenvalue weighted by molar-refractivity contribution is -0.0259. The van der Waals surface area contributed by atoms with Gasteiger partial charge >= 0.3 is 0 Å². The lowest BCUT2D eigenvalue weighted by Crippen LogP contribution is -2.37. The summed E-state index contributed by atoms with van der Waals surface area (Å²) in [7, 11) is -0.505. The molecule has 0 bridgehead atoms. The van der Waals surface area contributed by atoms with Crippen molar-refractivity contribution in [1.29, 1.82) is 0 Å². The number of halogens is 1. The first kappa shape index (κ1) is 24.5. The van der Waals surface area contributed by atoms with E-state index in [1.807, 2.05) is 6.07 Å². The van der Waals surface area contributed by atoms with E-state index in [9.17, 15) is 23.1 Å². The average molecular weight is 496 g/mol. The van der Waals surface area contributed by atoms with Crippen LogP contribution in [0.25, 0.3) is 0 Å². The number of rotatable bonds is 9. The Balaban J connectivity index is 1.95. The van der Waals surface area contributed by atoms with Crippen LogP contribution in [0.4, 0.5) is 17.1 Å². The van der Waals surface area contributed by atoms with Crippen LogP contribution in [0.2, 0.25) is 5.02 Å². The molecule has 1 atom stereocenters. The van der Waals surface area contributed by atoms with Gasteiger partial charge in [0.15, 0.2) is 5.75 Å². The Bertz CT molecular complexity index is 1370. The second kappa shape index (κ2) is 9.40. The average Bonchev–Trinajstić information content (AvgIpc) is 2.81. The molecule has 12 heteroatoms. The molecule has 176 valence electrons. The minimum absolute atomic E-state index is 0.00286. The number of hydrogen-bond acceptors (Lipinski definition) is 9. The number of methoxy groups -OCH3 is 1. The summed E-state index contributed by atoms with van der Waals surface area (Å²) in [6, 6.07) is 9.33. The van der Waals surface area contributed by atoms with Gasteiger partial charge in [-0.2, -0.15) is 0 Å². The van der Waals surface area contributed by atoms with Crippen molar-refractivity contribution in [2.75, 3.05) is 31.9 Å². The van der Waals surface area contributed by atoms with E-state index in [0.717, 1.165) is 19.7 Å². The standard InChI is InChI=1S/C21H22ClN3O7S/c1-11(12-6-5-7-13(10-12)31-3)23-16-17(20(28)19(16)27)24-15-9-8-14(22)21(18(15)26)33(29,30)25(2)32-4/h5-11,23-24,26H,1-4H3/t11-/m1/s1. The maximum Gasteiger partial charge on any atom is 0.269 e. The van der Waals surface area contributed by atoms with E-state index >= 15 is 0 Å². The Morgan fingerprint density at radius 3 is 2.39 bits per heavy atom. The maximum atomic E-state index is 12.6. The number of anilines is 3. The first-order valence-corrected chi connectivity index (χ1v) is 11.4. The van der Waals surface area contributed by atoms with Crippen molar-refractivity contribution in [2.45, 2.75) is 17.9 Å². The first-order valence-electron chi connectivity index (χ1n) is 9.58. The van der Waals surface area contributed by atoms with Crippen LogP contribution in [-0.2, 0) is 14.9 Å². The first-order chi connectivity index (χ1) is 15.5. The van der Waals surface area contributed by atoms with E-state index < -0.39 is 31.5 Å². The van der Waals surface area contributed by atoms with Gasteiger partial charge in [0.2, 0.25) is 0 Å². The van der Waals surface area contributed by atoms with Gasteiger partial charge in [-0.25, -0.2) is 8.42 Å². The summed E-state index contributed by atoms with van der Waals surface area (Å²) in [5.41, 5.74) is -1.000. The molecule has 0 heterocycles. The molecule has 3 aromatic carbocycles. The van der Waals surface area contributed by atoms with Crippen molar-refractivity contribution < 1.29 is 23.1 Å².